The van der Waals surface area contributed by atoms with Crippen LogP contribution in [0.1, 0.15) is 51.0 Å². The molecule has 2 aromatic rings. The van der Waals surface area contributed by atoms with Crippen molar-refractivity contribution in [3.05, 3.63) is 23.5 Å². The molecule has 3 rings (SSSR count). The van der Waals surface area contributed by atoms with Crippen molar-refractivity contribution in [2.45, 2.75) is 51.5 Å². The number of hydrogen-bond donors (Lipinski definition) is 2. The van der Waals surface area contributed by atoms with Gasteiger partial charge in [0.05, 0.1) is 5.52 Å². The second-order valence-electron chi connectivity index (χ2n) is 7.50. The van der Waals surface area contributed by atoms with E-state index in [1.54, 1.807) is 6.07 Å². The van der Waals surface area contributed by atoms with Crippen LogP contribution in [-0.4, -0.2) is 46.9 Å². The normalized spacial score (nSPS) is 17.7. The van der Waals surface area contributed by atoms with Gasteiger partial charge in [-0.25, -0.2) is 4.39 Å². The van der Waals surface area contributed by atoms with Gasteiger partial charge in [-0.05, 0) is 75.9 Å². The first-order chi connectivity index (χ1) is 12.5. The maximum Gasteiger partial charge on any atom is 0.156 e. The molecule has 0 saturated carbocycles. The third-order valence-electron chi connectivity index (χ3n) is 5.83. The lowest BCUT2D eigenvalue weighted by atomic mass is 9.88. The molecular formula is C20H32FN5. The zero-order valence-corrected chi connectivity index (χ0v) is 16.3. The molecule has 1 aromatic carbocycles. The Kier molecular flexibility index (Phi) is 6.14. The molecule has 3 N–H and O–H groups in total. The smallest absolute Gasteiger partial charge is 0.156 e. The number of fused-ring (bicyclic) bond motifs is 1. The Bertz CT molecular complexity index is 733. The van der Waals surface area contributed by atoms with Crippen LogP contribution < -0.4 is 11.1 Å². The van der Waals surface area contributed by atoms with Crippen molar-refractivity contribution in [2.75, 3.05) is 31.5 Å². The lowest BCUT2D eigenvalue weighted by Crippen LogP contribution is -2.39. The van der Waals surface area contributed by atoms with Gasteiger partial charge < -0.3 is 16.0 Å². The van der Waals surface area contributed by atoms with Crippen molar-refractivity contribution < 1.29 is 4.39 Å². The van der Waals surface area contributed by atoms with Crippen molar-refractivity contribution in [3.63, 3.8) is 0 Å². The Morgan fingerprint density at radius 3 is 2.73 bits per heavy atom. The van der Waals surface area contributed by atoms with E-state index in [4.69, 9.17) is 5.73 Å². The summed E-state index contributed by atoms with van der Waals surface area (Å²) in [6.45, 7) is 7.99. The SMILES string of the molecule is CCC(C)N1CCC(c2cc3c(cc2F)c(NCCCN)nn3C)CC1. The average Bonchev–Trinajstić information content (AvgIpc) is 2.95. The summed E-state index contributed by atoms with van der Waals surface area (Å²) in [6, 6.07) is 4.28. The van der Waals surface area contributed by atoms with Gasteiger partial charge in [-0.2, -0.15) is 5.10 Å². The fourth-order valence-electron chi connectivity index (χ4n) is 3.95. The maximum atomic E-state index is 14.9. The zero-order valence-electron chi connectivity index (χ0n) is 16.3. The first-order valence-corrected chi connectivity index (χ1v) is 9.89. The molecule has 1 saturated heterocycles. The van der Waals surface area contributed by atoms with E-state index in [2.05, 4.69) is 29.2 Å². The molecule has 2 heterocycles. The molecule has 1 unspecified atom stereocenters. The average molecular weight is 362 g/mol. The fraction of sp³-hybridized carbons (Fsp3) is 0.650. The van der Waals surface area contributed by atoms with Crippen molar-refractivity contribution in [1.82, 2.24) is 14.7 Å². The highest BCUT2D eigenvalue weighted by molar-refractivity contribution is 5.90. The topological polar surface area (TPSA) is 59.1 Å². The third-order valence-corrected chi connectivity index (χ3v) is 5.83. The van der Waals surface area contributed by atoms with E-state index in [0.717, 1.165) is 61.2 Å². The van der Waals surface area contributed by atoms with Gasteiger partial charge in [0.15, 0.2) is 5.82 Å². The van der Waals surface area contributed by atoms with E-state index in [1.807, 2.05) is 17.8 Å². The van der Waals surface area contributed by atoms with Gasteiger partial charge in [0.2, 0.25) is 0 Å². The number of piperidine rings is 1. The van der Waals surface area contributed by atoms with E-state index < -0.39 is 0 Å². The minimum atomic E-state index is -0.102. The molecule has 1 aliphatic rings. The molecule has 1 aliphatic heterocycles. The molecular weight excluding hydrogens is 329 g/mol. The quantitative estimate of drug-likeness (QED) is 0.742. The highest BCUT2D eigenvalue weighted by Crippen LogP contribution is 2.34. The standard InChI is InChI=1S/C20H32FN5/c1-4-14(2)26-10-6-15(7-11-26)16-13-19-17(12-18(16)21)20(24-25(19)3)23-9-5-8-22/h12-15H,4-11,22H2,1-3H3,(H,23,24). The number of aryl methyl sites for hydroxylation is 1. The Morgan fingerprint density at radius 2 is 2.08 bits per heavy atom. The fourth-order valence-corrected chi connectivity index (χ4v) is 3.95. The molecule has 1 aromatic heterocycles. The summed E-state index contributed by atoms with van der Waals surface area (Å²) in [5, 5.41) is 8.65. The summed E-state index contributed by atoms with van der Waals surface area (Å²) in [7, 11) is 1.92. The summed E-state index contributed by atoms with van der Waals surface area (Å²) < 4.78 is 16.7. The Balaban J connectivity index is 1.80. The zero-order chi connectivity index (χ0) is 18.7. The molecule has 0 amide bonds. The monoisotopic (exact) mass is 361 g/mol. The summed E-state index contributed by atoms with van der Waals surface area (Å²) in [4.78, 5) is 2.52. The predicted octanol–water partition coefficient (Wildman–Crippen LogP) is 3.45. The van der Waals surface area contributed by atoms with Crippen molar-refractivity contribution in [1.29, 1.82) is 0 Å². The molecule has 26 heavy (non-hydrogen) atoms. The van der Waals surface area contributed by atoms with Crippen LogP contribution in [0, 0.1) is 5.82 Å². The number of nitrogens with zero attached hydrogens (tertiary/aromatic N) is 3. The van der Waals surface area contributed by atoms with Crippen LogP contribution in [0.2, 0.25) is 0 Å². The van der Waals surface area contributed by atoms with Gasteiger partial charge in [0.1, 0.15) is 5.82 Å². The number of nitrogens with two attached hydrogens (primary N) is 1. The molecule has 5 nitrogen and oxygen atoms in total. The summed E-state index contributed by atoms with van der Waals surface area (Å²) in [5.74, 6) is 0.936. The molecule has 144 valence electrons. The molecule has 6 heteroatoms. The van der Waals surface area contributed by atoms with Crippen LogP contribution in [-0.2, 0) is 7.05 Å². The van der Waals surface area contributed by atoms with E-state index in [-0.39, 0.29) is 5.82 Å². The number of hydrogen-bond acceptors (Lipinski definition) is 4. The first-order valence-electron chi connectivity index (χ1n) is 9.89. The van der Waals surface area contributed by atoms with Gasteiger partial charge in [-0.1, -0.05) is 6.92 Å². The molecule has 1 atom stereocenters. The molecule has 0 radical (unpaired) electrons. The van der Waals surface area contributed by atoms with Gasteiger partial charge >= 0.3 is 0 Å². The summed E-state index contributed by atoms with van der Waals surface area (Å²) in [6.07, 6.45) is 4.08. The van der Waals surface area contributed by atoms with Crippen molar-refractivity contribution >= 4 is 16.7 Å². The summed E-state index contributed by atoms with van der Waals surface area (Å²) in [5.41, 5.74) is 7.38. The van der Waals surface area contributed by atoms with Crippen LogP contribution in [0.15, 0.2) is 12.1 Å². The van der Waals surface area contributed by atoms with Crippen molar-refractivity contribution in [3.8, 4) is 0 Å². The maximum absolute atomic E-state index is 14.9. The first kappa shape index (κ1) is 19.1. The number of anilines is 1. The molecule has 0 aliphatic carbocycles. The Labute approximate surface area is 155 Å². The van der Waals surface area contributed by atoms with E-state index in [1.165, 1.54) is 6.42 Å². The Hall–Kier alpha value is -1.66. The number of halogens is 1. The second kappa shape index (κ2) is 8.35. The number of rotatable bonds is 7. The van der Waals surface area contributed by atoms with Crippen LogP contribution in [0.4, 0.5) is 10.2 Å². The highest BCUT2D eigenvalue weighted by atomic mass is 19.1. The second-order valence-corrected chi connectivity index (χ2v) is 7.50. The van der Waals surface area contributed by atoms with Crippen molar-refractivity contribution in [2.24, 2.45) is 12.8 Å². The van der Waals surface area contributed by atoms with E-state index in [0.29, 0.717) is 18.5 Å². The van der Waals surface area contributed by atoms with Gasteiger partial charge in [-0.3, -0.25) is 4.68 Å². The highest BCUT2D eigenvalue weighted by Gasteiger charge is 2.26. The number of benzene rings is 1. The van der Waals surface area contributed by atoms with Crippen LogP contribution in [0.25, 0.3) is 10.9 Å². The van der Waals surface area contributed by atoms with Crippen LogP contribution >= 0.6 is 0 Å². The van der Waals surface area contributed by atoms with Crippen LogP contribution in [0.3, 0.4) is 0 Å². The number of aromatic nitrogens is 2. The lowest BCUT2D eigenvalue weighted by Gasteiger charge is -2.36. The predicted molar refractivity (Wildman–Crippen MR) is 106 cm³/mol. The van der Waals surface area contributed by atoms with Gasteiger partial charge in [0, 0.05) is 25.0 Å². The number of likely N-dealkylation sites (tertiary alicyclic amines) is 1. The molecule has 0 spiro atoms. The Morgan fingerprint density at radius 1 is 1.35 bits per heavy atom. The van der Waals surface area contributed by atoms with E-state index >= 15 is 0 Å². The minimum absolute atomic E-state index is 0.102. The third kappa shape index (κ3) is 3.86. The summed E-state index contributed by atoms with van der Waals surface area (Å²) >= 11 is 0. The lowest BCUT2D eigenvalue weighted by molar-refractivity contribution is 0.157. The van der Waals surface area contributed by atoms with Gasteiger partial charge in [-0.15, -0.1) is 0 Å². The minimum Gasteiger partial charge on any atom is -0.368 e. The van der Waals surface area contributed by atoms with Gasteiger partial charge in [0.25, 0.3) is 0 Å². The largest absolute Gasteiger partial charge is 0.368 e. The number of nitrogens with one attached hydrogen (secondary N) is 1. The molecule has 1 fully saturated rings. The van der Waals surface area contributed by atoms with E-state index in [9.17, 15) is 4.39 Å². The molecule has 0 bridgehead atoms. The van der Waals surface area contributed by atoms with Crippen LogP contribution in [0.5, 0.6) is 0 Å².